The topological polar surface area (TPSA) is 74.7 Å². The number of hydrogen-bond donors (Lipinski definition) is 2. The van der Waals surface area contributed by atoms with Crippen LogP contribution >= 0.6 is 0 Å². The molecule has 1 heterocycles. The molecular weight excluding hydrogens is 282 g/mol. The Balaban J connectivity index is 1.94. The van der Waals surface area contributed by atoms with Gasteiger partial charge in [-0.1, -0.05) is 35.9 Å². The van der Waals surface area contributed by atoms with E-state index in [2.05, 4.69) is 5.59 Å². The molecule has 0 spiro atoms. The number of ether oxygens (including phenoxy) is 1. The summed E-state index contributed by atoms with van der Waals surface area (Å²) < 4.78 is 5.06. The Hall–Kier alpha value is -2.86. The van der Waals surface area contributed by atoms with Gasteiger partial charge in [-0.05, 0) is 23.8 Å². The molecule has 1 aromatic carbocycles. The molecule has 0 saturated carbocycles. The van der Waals surface area contributed by atoms with Gasteiger partial charge in [-0.25, -0.2) is 0 Å². The molecule has 0 aromatic heterocycles. The van der Waals surface area contributed by atoms with Gasteiger partial charge in [0, 0.05) is 5.57 Å². The summed E-state index contributed by atoms with van der Waals surface area (Å²) in [4.78, 5) is 16.7. The van der Waals surface area contributed by atoms with Gasteiger partial charge in [0.15, 0.2) is 5.76 Å². The largest absolute Gasteiger partial charge is 0.493 e. The number of allylic oxidation sites excluding steroid dienone is 4. The maximum atomic E-state index is 11.6. The third-order valence-electron chi connectivity index (χ3n) is 3.36. The smallest absolute Gasteiger partial charge is 0.258 e. The number of nitrogens with zero attached hydrogens (tertiary/aromatic N) is 1. The zero-order valence-corrected chi connectivity index (χ0v) is 12.0. The Morgan fingerprint density at radius 2 is 2.05 bits per heavy atom. The van der Waals surface area contributed by atoms with Crippen LogP contribution in [0.5, 0.6) is 0 Å². The van der Waals surface area contributed by atoms with Crippen LogP contribution in [0.15, 0.2) is 65.6 Å². The predicted molar refractivity (Wildman–Crippen MR) is 80.2 cm³/mol. The first-order valence-corrected chi connectivity index (χ1v) is 6.74. The highest BCUT2D eigenvalue weighted by atomic mass is 16.7. The van der Waals surface area contributed by atoms with E-state index in [1.165, 1.54) is 13.2 Å². The van der Waals surface area contributed by atoms with E-state index < -0.39 is 0 Å². The molecule has 0 atom stereocenters. The summed E-state index contributed by atoms with van der Waals surface area (Å²) in [5.74, 6) is 0.0425. The van der Waals surface area contributed by atoms with Crippen LogP contribution in [0.25, 0.3) is 0 Å². The van der Waals surface area contributed by atoms with Gasteiger partial charge in [0.25, 0.3) is 5.90 Å². The molecule has 3 rings (SSSR count). The summed E-state index contributed by atoms with van der Waals surface area (Å²) in [5.41, 5.74) is 5.02. The molecule has 1 aliphatic carbocycles. The normalized spacial score (nSPS) is 21.0. The van der Waals surface area contributed by atoms with E-state index in [0.29, 0.717) is 17.8 Å². The summed E-state index contributed by atoms with van der Waals surface area (Å²) in [6.45, 7) is 0.528. The fourth-order valence-corrected chi connectivity index (χ4v) is 2.30. The van der Waals surface area contributed by atoms with Crippen molar-refractivity contribution in [3.63, 3.8) is 0 Å². The van der Waals surface area contributed by atoms with Gasteiger partial charge in [-0.15, -0.1) is 0 Å². The van der Waals surface area contributed by atoms with Crippen LogP contribution in [-0.2, 0) is 20.9 Å². The van der Waals surface area contributed by atoms with Crippen LogP contribution in [0.3, 0.4) is 0 Å². The molecule has 1 saturated heterocycles. The fraction of sp³-hybridized carbons (Fsp3) is 0.125. The SMILES string of the molecule is COC1=C/C(=C2\C(=N)ONN2Cc2ccccc2)C=CC1=O. The number of methoxy groups -OCH3 is 1. The Bertz CT molecular complexity index is 705. The van der Waals surface area contributed by atoms with Gasteiger partial charge in [-0.2, -0.15) is 0 Å². The third-order valence-corrected chi connectivity index (χ3v) is 3.36. The molecule has 0 amide bonds. The van der Waals surface area contributed by atoms with Crippen LogP contribution in [0.4, 0.5) is 0 Å². The Kier molecular flexibility index (Phi) is 3.76. The van der Waals surface area contributed by atoms with Gasteiger partial charge in [0.05, 0.1) is 13.7 Å². The van der Waals surface area contributed by atoms with E-state index in [9.17, 15) is 4.79 Å². The highest BCUT2D eigenvalue weighted by Crippen LogP contribution is 2.24. The van der Waals surface area contributed by atoms with Crippen LogP contribution < -0.4 is 5.59 Å². The second-order valence-corrected chi connectivity index (χ2v) is 4.81. The van der Waals surface area contributed by atoms with E-state index in [4.69, 9.17) is 15.0 Å². The van der Waals surface area contributed by atoms with Crippen molar-refractivity contribution >= 4 is 11.7 Å². The minimum Gasteiger partial charge on any atom is -0.493 e. The second kappa shape index (κ2) is 5.87. The molecular formula is C16H15N3O3. The molecule has 1 aromatic rings. The fourth-order valence-electron chi connectivity index (χ4n) is 2.30. The molecule has 2 aliphatic rings. The minimum absolute atomic E-state index is 0.00312. The Morgan fingerprint density at radius 1 is 1.27 bits per heavy atom. The molecule has 1 fully saturated rings. The zero-order valence-electron chi connectivity index (χ0n) is 12.0. The van der Waals surface area contributed by atoms with Crippen molar-refractivity contribution < 1.29 is 14.4 Å². The van der Waals surface area contributed by atoms with Crippen LogP contribution in [-0.4, -0.2) is 23.8 Å². The number of ketones is 1. The number of carbonyl (C=O) groups excluding carboxylic acids is 1. The van der Waals surface area contributed by atoms with Crippen LogP contribution in [0.2, 0.25) is 0 Å². The maximum Gasteiger partial charge on any atom is 0.258 e. The van der Waals surface area contributed by atoms with Gasteiger partial charge >= 0.3 is 0 Å². The summed E-state index contributed by atoms with van der Waals surface area (Å²) >= 11 is 0. The van der Waals surface area contributed by atoms with E-state index in [-0.39, 0.29) is 17.4 Å². The molecule has 0 unspecified atom stereocenters. The summed E-state index contributed by atoms with van der Waals surface area (Å²) in [7, 11) is 1.45. The molecule has 22 heavy (non-hydrogen) atoms. The van der Waals surface area contributed by atoms with E-state index >= 15 is 0 Å². The zero-order chi connectivity index (χ0) is 15.5. The number of hydrogen-bond acceptors (Lipinski definition) is 6. The quantitative estimate of drug-likeness (QED) is 0.890. The highest BCUT2D eigenvalue weighted by molar-refractivity contribution is 6.05. The lowest BCUT2D eigenvalue weighted by Crippen LogP contribution is -2.29. The second-order valence-electron chi connectivity index (χ2n) is 4.81. The standard InChI is InChI=1S/C16H15N3O3/c1-21-14-9-12(7-8-13(14)20)15-16(17)22-18-19(15)10-11-5-3-2-4-6-11/h2-9,17-18H,10H2,1H3/b15-12+,17-16?. The molecule has 2 N–H and O–H groups in total. The lowest BCUT2D eigenvalue weighted by atomic mass is 10.0. The number of nitrogens with one attached hydrogen (secondary N) is 2. The minimum atomic E-state index is -0.195. The maximum absolute atomic E-state index is 11.6. The van der Waals surface area contributed by atoms with E-state index in [1.54, 1.807) is 17.2 Å². The Labute approximate surface area is 127 Å². The summed E-state index contributed by atoms with van der Waals surface area (Å²) in [5, 5.41) is 9.66. The molecule has 0 radical (unpaired) electrons. The van der Waals surface area contributed by atoms with Crippen molar-refractivity contribution in [2.24, 2.45) is 0 Å². The lowest BCUT2D eigenvalue weighted by Gasteiger charge is -2.18. The van der Waals surface area contributed by atoms with Gasteiger partial charge in [-0.3, -0.25) is 15.2 Å². The first kappa shape index (κ1) is 14.1. The monoisotopic (exact) mass is 297 g/mol. The van der Waals surface area contributed by atoms with Crippen LogP contribution in [0.1, 0.15) is 5.56 Å². The summed E-state index contributed by atoms with van der Waals surface area (Å²) in [6, 6.07) is 9.83. The third kappa shape index (κ3) is 2.64. The van der Waals surface area contributed by atoms with Gasteiger partial charge < -0.3 is 9.57 Å². The van der Waals surface area contributed by atoms with Gasteiger partial charge in [0.2, 0.25) is 5.78 Å². The Morgan fingerprint density at radius 3 is 2.77 bits per heavy atom. The molecule has 6 heteroatoms. The van der Waals surface area contributed by atoms with E-state index in [0.717, 1.165) is 5.56 Å². The number of hydrazine groups is 1. The van der Waals surface area contributed by atoms with Crippen molar-refractivity contribution in [2.45, 2.75) is 6.54 Å². The predicted octanol–water partition coefficient (Wildman–Crippen LogP) is 1.84. The molecule has 1 aliphatic heterocycles. The van der Waals surface area contributed by atoms with E-state index in [1.807, 2.05) is 30.3 Å². The average Bonchev–Trinajstić information content (AvgIpc) is 2.90. The molecule has 112 valence electrons. The van der Waals surface area contributed by atoms with Crippen molar-refractivity contribution in [3.8, 4) is 0 Å². The average molecular weight is 297 g/mol. The van der Waals surface area contributed by atoms with Crippen molar-refractivity contribution in [1.82, 2.24) is 10.6 Å². The van der Waals surface area contributed by atoms with Gasteiger partial charge in [0.1, 0.15) is 5.70 Å². The van der Waals surface area contributed by atoms with Crippen LogP contribution in [0, 0.1) is 5.41 Å². The molecule has 0 bridgehead atoms. The van der Waals surface area contributed by atoms with Crippen molar-refractivity contribution in [2.75, 3.05) is 7.11 Å². The lowest BCUT2D eigenvalue weighted by molar-refractivity contribution is -0.114. The first-order valence-electron chi connectivity index (χ1n) is 6.74. The first-order chi connectivity index (χ1) is 10.7. The molecule has 6 nitrogen and oxygen atoms in total. The van der Waals surface area contributed by atoms with Crippen molar-refractivity contribution in [3.05, 3.63) is 71.2 Å². The highest BCUT2D eigenvalue weighted by Gasteiger charge is 2.28. The number of benzene rings is 1. The number of carbonyl (C=O) groups is 1. The van der Waals surface area contributed by atoms with Crippen molar-refractivity contribution in [1.29, 1.82) is 5.41 Å². The number of rotatable bonds is 3. The summed E-state index contributed by atoms with van der Waals surface area (Å²) in [6.07, 6.45) is 4.69.